The number of hydrogen-bond donors (Lipinski definition) is 17. The molecule has 8 amide bonds. The Hall–Kier alpha value is -9.12. The maximum atomic E-state index is 14.2. The maximum absolute atomic E-state index is 14.2. The Morgan fingerprint density at radius 1 is 0.641 bits per heavy atom. The smallest absolute Gasteiger partial charge is 0.326 e. The lowest BCUT2D eigenvalue weighted by Crippen LogP contribution is -2.61. The van der Waals surface area contributed by atoms with Crippen LogP contribution in [0.4, 0.5) is 0 Å². The van der Waals surface area contributed by atoms with Crippen LogP contribution in [0.1, 0.15) is 69.2 Å². The molecule has 0 spiro atoms. The molecule has 0 aliphatic carbocycles. The molecule has 422 valence electrons. The van der Waals surface area contributed by atoms with Gasteiger partial charge in [0.25, 0.3) is 0 Å². The lowest BCUT2D eigenvalue weighted by molar-refractivity contribution is -0.143. The number of carbonyl (C=O) groups is 10. The van der Waals surface area contributed by atoms with Gasteiger partial charge in [-0.2, -0.15) is 0 Å². The molecule has 2 aromatic heterocycles. The normalized spacial score (nSPS) is 14.5. The first kappa shape index (κ1) is 61.4. The molecule has 0 unspecified atom stereocenters. The molecular weight excluding hydrogens is 1020 g/mol. The Kier molecular flexibility index (Phi) is 23.5. The largest absolute Gasteiger partial charge is 0.508 e. The van der Waals surface area contributed by atoms with Crippen molar-refractivity contribution in [1.82, 2.24) is 52.2 Å². The number of aromatic nitrogens is 3. The number of carboxylic acid groups (broad SMARTS) is 2. The fraction of sp³-hybridized carbons (Fsp3) is 0.429. The molecule has 9 atom stereocenters. The summed E-state index contributed by atoms with van der Waals surface area (Å²) in [5.74, 6) is -11.0. The van der Waals surface area contributed by atoms with Gasteiger partial charge in [0.1, 0.15) is 48.0 Å². The Bertz CT molecular complexity index is 2760. The monoisotopic (exact) mass is 1090 g/mol. The minimum atomic E-state index is -1.82. The Morgan fingerprint density at radius 3 is 1.82 bits per heavy atom. The number of aliphatic imine (C=N–C) groups is 1. The number of phenols is 1. The van der Waals surface area contributed by atoms with E-state index in [0.717, 1.165) is 23.4 Å². The molecule has 78 heavy (non-hydrogen) atoms. The third kappa shape index (κ3) is 19.9. The first-order chi connectivity index (χ1) is 36.9. The topological polar surface area (TPSA) is 497 Å². The van der Waals surface area contributed by atoms with Crippen molar-refractivity contribution in [3.05, 3.63) is 84.1 Å². The van der Waals surface area contributed by atoms with Gasteiger partial charge in [-0.15, -0.1) is 0 Å². The van der Waals surface area contributed by atoms with Crippen molar-refractivity contribution in [1.29, 1.82) is 0 Å². The van der Waals surface area contributed by atoms with Gasteiger partial charge in [0.05, 0.1) is 18.5 Å². The Balaban J connectivity index is 1.51. The number of carbonyl (C=O) groups excluding carboxylic acids is 8. The SMILES string of the molecule is C[C@H](NC(=O)[C@H](CCCN=C(N)N)NC(=O)[C@H](Cc1ccc(O)cc1)NC(=O)[C@@H](N)Cc1c[nH]c2ccccc12)C(=O)N[C@H](C(=O)N[C@@H](Cc1cnc[nH]1)C(=O)N[C@@H](CCC(N)=O)C(=O)N[C@@H](CCC(=O)O)C(=O)O)[C@@H](C)O. The number of phenolic OH excluding ortho intramolecular Hbond substituents is 1. The number of nitrogens with one attached hydrogen (secondary N) is 9. The van der Waals surface area contributed by atoms with Crippen LogP contribution in [0.5, 0.6) is 5.75 Å². The number of H-pyrrole nitrogens is 2. The molecule has 4 rings (SSSR count). The van der Waals surface area contributed by atoms with Gasteiger partial charge in [-0.1, -0.05) is 30.3 Å². The van der Waals surface area contributed by atoms with E-state index >= 15 is 0 Å². The fourth-order valence-electron chi connectivity index (χ4n) is 7.81. The van der Waals surface area contributed by atoms with Crippen LogP contribution in [0.2, 0.25) is 0 Å². The van der Waals surface area contributed by atoms with E-state index < -0.39 is 139 Å². The van der Waals surface area contributed by atoms with Gasteiger partial charge in [-0.25, -0.2) is 9.78 Å². The van der Waals surface area contributed by atoms with E-state index in [-0.39, 0.29) is 56.1 Å². The van der Waals surface area contributed by atoms with Crippen LogP contribution in [0, 0.1) is 0 Å². The molecule has 29 heteroatoms. The number of primary amides is 1. The van der Waals surface area contributed by atoms with Crippen molar-refractivity contribution in [2.24, 2.45) is 27.9 Å². The zero-order chi connectivity index (χ0) is 57.6. The Morgan fingerprint density at radius 2 is 1.22 bits per heavy atom. The second-order valence-electron chi connectivity index (χ2n) is 18.3. The average molecular weight is 1090 g/mol. The van der Waals surface area contributed by atoms with E-state index in [4.69, 9.17) is 28.0 Å². The van der Waals surface area contributed by atoms with Crippen LogP contribution in [-0.2, 0) is 67.2 Å². The number of para-hydroxylation sites is 1. The highest BCUT2D eigenvalue weighted by molar-refractivity contribution is 5.98. The summed E-state index contributed by atoms with van der Waals surface area (Å²) in [6, 6.07) is 1.04. The van der Waals surface area contributed by atoms with Crippen LogP contribution in [0.15, 0.2) is 72.2 Å². The summed E-state index contributed by atoms with van der Waals surface area (Å²) in [5, 5.41) is 57.2. The minimum absolute atomic E-state index is 0.0139. The number of aliphatic carboxylic acids is 2. The molecule has 0 fully saturated rings. The third-order valence-electron chi connectivity index (χ3n) is 12.0. The van der Waals surface area contributed by atoms with Gasteiger partial charge < -0.3 is 90.5 Å². The van der Waals surface area contributed by atoms with Crippen LogP contribution in [0.3, 0.4) is 0 Å². The highest BCUT2D eigenvalue weighted by Crippen LogP contribution is 2.19. The summed E-state index contributed by atoms with van der Waals surface area (Å²) >= 11 is 0. The third-order valence-corrected chi connectivity index (χ3v) is 12.0. The van der Waals surface area contributed by atoms with Gasteiger partial charge in [0.2, 0.25) is 47.3 Å². The number of amides is 8. The number of hydrogen-bond acceptors (Lipinski definition) is 15. The summed E-state index contributed by atoms with van der Waals surface area (Å²) in [4.78, 5) is 145. The van der Waals surface area contributed by atoms with Crippen molar-refractivity contribution in [2.45, 2.75) is 126 Å². The molecule has 0 aliphatic rings. The number of aromatic amines is 2. The van der Waals surface area contributed by atoms with E-state index in [2.05, 4.69) is 57.2 Å². The predicted octanol–water partition coefficient (Wildman–Crippen LogP) is -3.99. The van der Waals surface area contributed by atoms with Crippen molar-refractivity contribution >= 4 is 76.1 Å². The summed E-state index contributed by atoms with van der Waals surface area (Å²) in [6.45, 7) is 2.38. The van der Waals surface area contributed by atoms with Crippen molar-refractivity contribution < 1.29 is 68.4 Å². The van der Waals surface area contributed by atoms with Crippen molar-refractivity contribution in [3.63, 3.8) is 0 Å². The number of guanidine groups is 1. The van der Waals surface area contributed by atoms with Crippen LogP contribution < -0.4 is 60.2 Å². The highest BCUT2D eigenvalue weighted by Gasteiger charge is 2.35. The summed E-state index contributed by atoms with van der Waals surface area (Å²) in [7, 11) is 0. The van der Waals surface area contributed by atoms with E-state index in [1.807, 2.05) is 24.3 Å². The second-order valence-corrected chi connectivity index (χ2v) is 18.3. The zero-order valence-electron chi connectivity index (χ0n) is 42.7. The molecule has 29 nitrogen and oxygen atoms in total. The molecule has 0 saturated carbocycles. The Labute approximate surface area is 445 Å². The molecular formula is C49H67N15O14. The highest BCUT2D eigenvalue weighted by atomic mass is 16.4. The minimum Gasteiger partial charge on any atom is -0.508 e. The first-order valence-electron chi connectivity index (χ1n) is 24.6. The average Bonchev–Trinajstić information content (AvgIpc) is 4.07. The zero-order valence-corrected chi connectivity index (χ0v) is 42.7. The number of fused-ring (bicyclic) bond motifs is 1. The van der Waals surface area contributed by atoms with Crippen molar-refractivity contribution in [2.75, 3.05) is 6.54 Å². The van der Waals surface area contributed by atoms with Gasteiger partial charge in [0.15, 0.2) is 5.96 Å². The molecule has 2 aromatic carbocycles. The molecule has 21 N–H and O–H groups in total. The number of aliphatic hydroxyl groups is 1. The van der Waals surface area contributed by atoms with Crippen LogP contribution >= 0.6 is 0 Å². The predicted molar refractivity (Wildman–Crippen MR) is 278 cm³/mol. The van der Waals surface area contributed by atoms with Gasteiger partial charge in [-0.3, -0.25) is 48.1 Å². The molecule has 4 aromatic rings. The van der Waals surface area contributed by atoms with Gasteiger partial charge in [-0.05, 0) is 75.3 Å². The van der Waals surface area contributed by atoms with E-state index in [1.54, 1.807) is 6.20 Å². The van der Waals surface area contributed by atoms with Crippen LogP contribution in [-0.4, -0.2) is 162 Å². The second kappa shape index (κ2) is 29.8. The molecule has 0 saturated heterocycles. The number of nitrogens with two attached hydrogens (primary N) is 4. The number of rotatable bonds is 32. The molecule has 2 heterocycles. The number of nitrogens with zero attached hydrogens (tertiary/aromatic N) is 2. The lowest BCUT2D eigenvalue weighted by Gasteiger charge is -2.28. The number of benzene rings is 2. The lowest BCUT2D eigenvalue weighted by atomic mass is 10.0. The van der Waals surface area contributed by atoms with Gasteiger partial charge in [0, 0.05) is 61.2 Å². The molecule has 0 radical (unpaired) electrons. The van der Waals surface area contributed by atoms with Crippen molar-refractivity contribution in [3.8, 4) is 5.75 Å². The number of aromatic hydroxyl groups is 1. The maximum Gasteiger partial charge on any atom is 0.326 e. The number of aliphatic hydroxyl groups excluding tert-OH is 1. The van der Waals surface area contributed by atoms with Gasteiger partial charge >= 0.3 is 11.9 Å². The number of carboxylic acids is 2. The van der Waals surface area contributed by atoms with Crippen LogP contribution in [0.25, 0.3) is 10.9 Å². The van der Waals surface area contributed by atoms with E-state index in [9.17, 15) is 63.3 Å². The number of imidazole rings is 1. The summed E-state index contributed by atoms with van der Waals surface area (Å²) < 4.78 is 0. The fourth-order valence-corrected chi connectivity index (χ4v) is 7.81. The first-order valence-corrected chi connectivity index (χ1v) is 24.6. The summed E-state index contributed by atoms with van der Waals surface area (Å²) in [6.07, 6.45) is 0.115. The molecule has 0 bridgehead atoms. The summed E-state index contributed by atoms with van der Waals surface area (Å²) in [5.41, 5.74) is 25.0. The quantitative estimate of drug-likeness (QED) is 0.0126. The van der Waals surface area contributed by atoms with E-state index in [0.29, 0.717) is 5.56 Å². The van der Waals surface area contributed by atoms with E-state index in [1.165, 1.54) is 43.7 Å². The standard InChI is InChI=1S/C49H67N15O14/c1-24(41(70)64-40(25(2)65)47(76)63-37(20-28-22-54-23-57-28)46(75)60-34(13-15-38(51)67)44(73)61-35(48(77)78)14-16-39(68)69)58-43(72)33(8-5-17-55-49(52)53)59-45(74)36(18-26-9-11-29(66)12-10-26)62-42(71)31(50)19-27-21-56-32-7-4-3-6-30(27)32/h3-4,6-7,9-12,21-25,31,33-37,40,56,65-66H,5,8,13-20,50H2,1-2H3,(H2,51,67)(H,54,57)(H,58,72)(H,59,74)(H,60,75)(H,61,73)(H,62,71)(H,63,76)(H,64,70)(H,68,69)(H,77,78)(H4,52,53,55)/t24-,25+,31-,33-,34-,35-,36-,37-,40-/m0/s1. The molecule has 0 aliphatic heterocycles.